The molecule has 0 saturated heterocycles. The Hall–Kier alpha value is -1.95. The lowest BCUT2D eigenvalue weighted by atomic mass is 9.95. The normalized spacial score (nSPS) is 11.8. The van der Waals surface area contributed by atoms with E-state index in [0.717, 1.165) is 0 Å². The number of Topliss-reactive ketones (excluding diaryl/α,β-unsaturated/α-hetero) is 1. The molecular weight excluding hydrogens is 286 g/mol. The van der Waals surface area contributed by atoms with Crippen LogP contribution >= 0.6 is 11.6 Å². The lowest BCUT2D eigenvalue weighted by Crippen LogP contribution is -2.26. The number of hydrogen-bond acceptors (Lipinski definition) is 5. The van der Waals surface area contributed by atoms with Gasteiger partial charge in [0.1, 0.15) is 11.7 Å². The molecule has 0 radical (unpaired) electrons. The van der Waals surface area contributed by atoms with Gasteiger partial charge in [0.25, 0.3) is 5.69 Å². The van der Waals surface area contributed by atoms with Crippen LogP contribution in [-0.4, -0.2) is 23.3 Å². The van der Waals surface area contributed by atoms with E-state index in [0.29, 0.717) is 5.02 Å². The summed E-state index contributed by atoms with van der Waals surface area (Å²) in [7, 11) is 0. The molecule has 0 spiro atoms. The standard InChI is InChI=1S/C13H14ClNO5/c1-3-20-13(17)11(8(2)16)7-9-6-10(14)4-5-12(9)15(18)19/h4-6,11H,3,7H2,1-2H3. The van der Waals surface area contributed by atoms with Gasteiger partial charge in [-0.1, -0.05) is 11.6 Å². The highest BCUT2D eigenvalue weighted by molar-refractivity contribution is 6.30. The van der Waals surface area contributed by atoms with Gasteiger partial charge in [-0.2, -0.15) is 0 Å². The van der Waals surface area contributed by atoms with Crippen molar-refractivity contribution >= 4 is 29.0 Å². The third-order valence-corrected chi connectivity index (χ3v) is 2.96. The zero-order valence-corrected chi connectivity index (χ0v) is 11.8. The van der Waals surface area contributed by atoms with Gasteiger partial charge in [-0.15, -0.1) is 0 Å². The van der Waals surface area contributed by atoms with Crippen molar-refractivity contribution in [2.24, 2.45) is 5.92 Å². The first-order chi connectivity index (χ1) is 9.36. The quantitative estimate of drug-likeness (QED) is 0.349. The lowest BCUT2D eigenvalue weighted by Gasteiger charge is -2.12. The number of nitro benzene ring substituents is 1. The Morgan fingerprint density at radius 1 is 1.45 bits per heavy atom. The van der Waals surface area contributed by atoms with Gasteiger partial charge in [0.05, 0.1) is 11.5 Å². The number of benzene rings is 1. The third-order valence-electron chi connectivity index (χ3n) is 2.72. The fraction of sp³-hybridized carbons (Fsp3) is 0.385. The average molecular weight is 300 g/mol. The van der Waals surface area contributed by atoms with Crippen molar-refractivity contribution in [3.63, 3.8) is 0 Å². The SMILES string of the molecule is CCOC(=O)C(Cc1cc(Cl)ccc1[N+](=O)[O-])C(C)=O. The third kappa shape index (κ3) is 4.03. The fourth-order valence-electron chi connectivity index (χ4n) is 1.75. The van der Waals surface area contributed by atoms with Gasteiger partial charge in [0, 0.05) is 16.7 Å². The van der Waals surface area contributed by atoms with Crippen LogP contribution in [0.15, 0.2) is 18.2 Å². The van der Waals surface area contributed by atoms with Gasteiger partial charge in [-0.05, 0) is 32.4 Å². The van der Waals surface area contributed by atoms with Crippen molar-refractivity contribution in [2.75, 3.05) is 6.61 Å². The van der Waals surface area contributed by atoms with Crippen molar-refractivity contribution in [1.29, 1.82) is 0 Å². The summed E-state index contributed by atoms with van der Waals surface area (Å²) in [6.07, 6.45) is -0.106. The fourth-order valence-corrected chi connectivity index (χ4v) is 1.95. The molecule has 0 fully saturated rings. The molecule has 1 unspecified atom stereocenters. The van der Waals surface area contributed by atoms with Crippen LogP contribution in [0, 0.1) is 16.0 Å². The summed E-state index contributed by atoms with van der Waals surface area (Å²) in [5.41, 5.74) is 0.0562. The molecule has 0 bridgehead atoms. The zero-order chi connectivity index (χ0) is 15.3. The second-order valence-electron chi connectivity index (χ2n) is 4.15. The van der Waals surface area contributed by atoms with Gasteiger partial charge in [0.15, 0.2) is 0 Å². The molecule has 1 aromatic carbocycles. The molecular formula is C13H14ClNO5. The second-order valence-corrected chi connectivity index (χ2v) is 4.59. The highest BCUT2D eigenvalue weighted by Crippen LogP contribution is 2.26. The van der Waals surface area contributed by atoms with Gasteiger partial charge >= 0.3 is 5.97 Å². The van der Waals surface area contributed by atoms with Crippen LogP contribution in [0.3, 0.4) is 0 Å². The maximum absolute atomic E-state index is 11.7. The Morgan fingerprint density at radius 2 is 2.10 bits per heavy atom. The van der Waals surface area contributed by atoms with E-state index in [9.17, 15) is 19.7 Å². The maximum atomic E-state index is 11.7. The number of ether oxygens (including phenoxy) is 1. The first kappa shape index (κ1) is 16.1. The Kier molecular flexibility index (Phi) is 5.64. The predicted molar refractivity (Wildman–Crippen MR) is 72.6 cm³/mol. The lowest BCUT2D eigenvalue weighted by molar-refractivity contribution is -0.385. The van der Waals surface area contributed by atoms with E-state index in [2.05, 4.69) is 0 Å². The van der Waals surface area contributed by atoms with Crippen LogP contribution in [0.2, 0.25) is 5.02 Å². The van der Waals surface area contributed by atoms with Crippen LogP contribution in [0.5, 0.6) is 0 Å². The average Bonchev–Trinajstić information content (AvgIpc) is 2.35. The van der Waals surface area contributed by atoms with Crippen LogP contribution in [0.4, 0.5) is 5.69 Å². The largest absolute Gasteiger partial charge is 0.465 e. The van der Waals surface area contributed by atoms with Crippen LogP contribution in [0.1, 0.15) is 19.4 Å². The van der Waals surface area contributed by atoms with Gasteiger partial charge in [-0.3, -0.25) is 19.7 Å². The Morgan fingerprint density at radius 3 is 2.60 bits per heavy atom. The summed E-state index contributed by atoms with van der Waals surface area (Å²) < 4.78 is 4.81. The number of nitro groups is 1. The van der Waals surface area contributed by atoms with Crippen LogP contribution in [0.25, 0.3) is 0 Å². The van der Waals surface area contributed by atoms with E-state index in [1.54, 1.807) is 6.92 Å². The topological polar surface area (TPSA) is 86.5 Å². The molecule has 0 amide bonds. The molecule has 0 heterocycles. The van der Waals surface area contributed by atoms with Crippen molar-refractivity contribution in [3.8, 4) is 0 Å². The minimum Gasteiger partial charge on any atom is -0.465 e. The highest BCUT2D eigenvalue weighted by Gasteiger charge is 2.28. The number of carbonyl (C=O) groups excluding carboxylic acids is 2. The molecule has 0 aliphatic heterocycles. The van der Waals surface area contributed by atoms with Crippen molar-refractivity contribution in [2.45, 2.75) is 20.3 Å². The van der Waals surface area contributed by atoms with E-state index in [4.69, 9.17) is 16.3 Å². The Bertz CT molecular complexity index is 544. The number of halogens is 1. The van der Waals surface area contributed by atoms with Gasteiger partial charge < -0.3 is 4.74 Å². The number of hydrogen-bond donors (Lipinski definition) is 0. The molecule has 0 N–H and O–H groups in total. The van der Waals surface area contributed by atoms with E-state index < -0.39 is 22.6 Å². The molecule has 1 rings (SSSR count). The molecule has 20 heavy (non-hydrogen) atoms. The first-order valence-electron chi connectivity index (χ1n) is 5.96. The maximum Gasteiger partial charge on any atom is 0.316 e. The molecule has 6 nitrogen and oxygen atoms in total. The van der Waals surface area contributed by atoms with Crippen molar-refractivity contribution < 1.29 is 19.2 Å². The molecule has 0 aliphatic carbocycles. The van der Waals surface area contributed by atoms with Gasteiger partial charge in [-0.25, -0.2) is 0 Å². The molecule has 108 valence electrons. The minimum absolute atomic E-state index is 0.106. The van der Waals surface area contributed by atoms with Crippen molar-refractivity contribution in [1.82, 2.24) is 0 Å². The van der Waals surface area contributed by atoms with Crippen LogP contribution in [-0.2, 0) is 20.7 Å². The smallest absolute Gasteiger partial charge is 0.316 e. The molecule has 1 atom stereocenters. The summed E-state index contributed by atoms with van der Waals surface area (Å²) in [4.78, 5) is 33.6. The summed E-state index contributed by atoms with van der Waals surface area (Å²) in [6.45, 7) is 3.01. The zero-order valence-electron chi connectivity index (χ0n) is 11.1. The summed E-state index contributed by atoms with van der Waals surface area (Å²) in [6, 6.07) is 4.02. The van der Waals surface area contributed by atoms with E-state index >= 15 is 0 Å². The molecule has 1 aromatic rings. The number of nitrogens with zero attached hydrogens (tertiary/aromatic N) is 1. The Labute approximate surface area is 120 Å². The van der Waals surface area contributed by atoms with Crippen molar-refractivity contribution in [3.05, 3.63) is 38.9 Å². The molecule has 0 aliphatic rings. The molecule has 0 saturated carbocycles. The highest BCUT2D eigenvalue weighted by atomic mass is 35.5. The number of ketones is 1. The monoisotopic (exact) mass is 299 g/mol. The number of esters is 1. The number of carbonyl (C=O) groups is 2. The van der Waals surface area contributed by atoms with E-state index in [1.807, 2.05) is 0 Å². The van der Waals surface area contributed by atoms with E-state index in [1.165, 1.54) is 25.1 Å². The van der Waals surface area contributed by atoms with Gasteiger partial charge in [0.2, 0.25) is 0 Å². The minimum atomic E-state index is -1.06. The van der Waals surface area contributed by atoms with Crippen LogP contribution < -0.4 is 0 Å². The molecule has 0 aromatic heterocycles. The summed E-state index contributed by atoms with van der Waals surface area (Å²) in [5, 5.41) is 11.2. The molecule has 7 heteroatoms. The summed E-state index contributed by atoms with van der Waals surface area (Å²) >= 11 is 5.80. The second kappa shape index (κ2) is 7.00. The summed E-state index contributed by atoms with van der Waals surface area (Å²) in [5.74, 6) is -2.15. The Balaban J connectivity index is 3.10. The number of rotatable bonds is 6. The first-order valence-corrected chi connectivity index (χ1v) is 6.34. The predicted octanol–water partition coefficient (Wildman–Crippen LogP) is 2.56. The van der Waals surface area contributed by atoms with E-state index in [-0.39, 0.29) is 24.3 Å².